The molecule has 0 spiro atoms. The first-order valence-corrected chi connectivity index (χ1v) is 6.96. The molecule has 0 heterocycles. The summed E-state index contributed by atoms with van der Waals surface area (Å²) in [7, 11) is 0. The van der Waals surface area contributed by atoms with Gasteiger partial charge in [0, 0.05) is 18.2 Å². The molecule has 4 heteroatoms. The molecule has 0 amide bonds. The second-order valence-electron chi connectivity index (χ2n) is 5.37. The third-order valence-corrected chi connectivity index (χ3v) is 3.72. The molecular formula is C15H21F2NO. The molecule has 106 valence electrons. The zero-order valence-corrected chi connectivity index (χ0v) is 11.2. The number of hydrogen-bond acceptors (Lipinski definition) is 2. The van der Waals surface area contributed by atoms with E-state index >= 15 is 0 Å². The molecule has 2 atom stereocenters. The number of hydrogen-bond donors (Lipinski definition) is 2. The lowest BCUT2D eigenvalue weighted by Crippen LogP contribution is -2.33. The molecule has 0 saturated heterocycles. The summed E-state index contributed by atoms with van der Waals surface area (Å²) in [6, 6.07) is 3.51. The predicted molar refractivity (Wildman–Crippen MR) is 70.7 cm³/mol. The van der Waals surface area contributed by atoms with Gasteiger partial charge in [0.05, 0.1) is 6.10 Å². The van der Waals surface area contributed by atoms with Gasteiger partial charge in [-0.25, -0.2) is 8.78 Å². The number of halogens is 2. The van der Waals surface area contributed by atoms with E-state index < -0.39 is 17.7 Å². The molecule has 0 bridgehead atoms. The molecule has 1 fully saturated rings. The summed E-state index contributed by atoms with van der Waals surface area (Å²) in [5.74, 6) is -0.285. The summed E-state index contributed by atoms with van der Waals surface area (Å²) in [5, 5.41) is 13.2. The third kappa shape index (κ3) is 4.25. The highest BCUT2D eigenvalue weighted by Crippen LogP contribution is 2.34. The van der Waals surface area contributed by atoms with E-state index in [2.05, 4.69) is 12.2 Å². The largest absolute Gasteiger partial charge is 0.387 e. The Bertz CT molecular complexity index is 421. The molecule has 0 radical (unpaired) electrons. The Morgan fingerprint density at radius 3 is 2.74 bits per heavy atom. The normalized spacial score (nSPS) is 18.3. The monoisotopic (exact) mass is 269 g/mol. The van der Waals surface area contributed by atoms with Crippen LogP contribution in [-0.4, -0.2) is 17.7 Å². The van der Waals surface area contributed by atoms with Crippen LogP contribution in [-0.2, 0) is 0 Å². The SMILES string of the molecule is CCC(CC1CC1)NCC(O)c1cc(F)ccc1F. The van der Waals surface area contributed by atoms with Gasteiger partial charge in [-0.1, -0.05) is 19.8 Å². The smallest absolute Gasteiger partial charge is 0.129 e. The van der Waals surface area contributed by atoms with Crippen LogP contribution in [0.15, 0.2) is 18.2 Å². The van der Waals surface area contributed by atoms with E-state index in [0.29, 0.717) is 6.04 Å². The predicted octanol–water partition coefficient (Wildman–Crippen LogP) is 3.17. The molecular weight excluding hydrogens is 248 g/mol. The van der Waals surface area contributed by atoms with Crippen LogP contribution in [0.25, 0.3) is 0 Å². The van der Waals surface area contributed by atoms with E-state index in [1.54, 1.807) is 0 Å². The molecule has 1 aliphatic carbocycles. The lowest BCUT2D eigenvalue weighted by Gasteiger charge is -2.20. The highest BCUT2D eigenvalue weighted by Gasteiger charge is 2.25. The first kappa shape index (κ1) is 14.4. The first-order valence-electron chi connectivity index (χ1n) is 6.96. The van der Waals surface area contributed by atoms with Crippen LogP contribution in [0.4, 0.5) is 8.78 Å². The molecule has 1 aliphatic rings. The summed E-state index contributed by atoms with van der Waals surface area (Å²) in [6.45, 7) is 2.35. The topological polar surface area (TPSA) is 32.3 Å². The maximum absolute atomic E-state index is 13.5. The number of benzene rings is 1. The molecule has 0 aromatic heterocycles. The summed E-state index contributed by atoms with van der Waals surface area (Å²) < 4.78 is 26.5. The second kappa shape index (κ2) is 6.44. The van der Waals surface area contributed by atoms with Crippen LogP contribution in [0.1, 0.15) is 44.3 Å². The van der Waals surface area contributed by atoms with Gasteiger partial charge in [-0.05, 0) is 37.0 Å². The Morgan fingerprint density at radius 2 is 2.11 bits per heavy atom. The highest BCUT2D eigenvalue weighted by molar-refractivity contribution is 5.21. The Morgan fingerprint density at radius 1 is 1.37 bits per heavy atom. The fourth-order valence-electron chi connectivity index (χ4n) is 2.31. The van der Waals surface area contributed by atoms with E-state index in [1.807, 2.05) is 0 Å². The fraction of sp³-hybridized carbons (Fsp3) is 0.600. The number of rotatable bonds is 7. The Balaban J connectivity index is 1.88. The van der Waals surface area contributed by atoms with Crippen molar-refractivity contribution < 1.29 is 13.9 Å². The molecule has 2 rings (SSSR count). The zero-order chi connectivity index (χ0) is 13.8. The van der Waals surface area contributed by atoms with Crippen molar-refractivity contribution in [1.82, 2.24) is 5.32 Å². The van der Waals surface area contributed by atoms with Gasteiger partial charge < -0.3 is 10.4 Å². The molecule has 1 aromatic rings. The van der Waals surface area contributed by atoms with Gasteiger partial charge in [0.1, 0.15) is 11.6 Å². The average Bonchev–Trinajstić information content (AvgIpc) is 3.20. The lowest BCUT2D eigenvalue weighted by atomic mass is 10.1. The Kier molecular flexibility index (Phi) is 4.88. The maximum Gasteiger partial charge on any atom is 0.129 e. The van der Waals surface area contributed by atoms with Crippen LogP contribution < -0.4 is 5.32 Å². The summed E-state index contributed by atoms with van der Waals surface area (Å²) in [5.41, 5.74) is 0.0220. The van der Waals surface area contributed by atoms with Crippen molar-refractivity contribution in [3.63, 3.8) is 0 Å². The van der Waals surface area contributed by atoms with Gasteiger partial charge in [-0.15, -0.1) is 0 Å². The highest BCUT2D eigenvalue weighted by atomic mass is 19.1. The summed E-state index contributed by atoms with van der Waals surface area (Å²) >= 11 is 0. The molecule has 1 saturated carbocycles. The molecule has 19 heavy (non-hydrogen) atoms. The van der Waals surface area contributed by atoms with Gasteiger partial charge in [0.25, 0.3) is 0 Å². The van der Waals surface area contributed by atoms with E-state index in [9.17, 15) is 13.9 Å². The number of aliphatic hydroxyl groups excluding tert-OH is 1. The number of aliphatic hydroxyl groups is 1. The minimum absolute atomic E-state index is 0.0220. The van der Waals surface area contributed by atoms with Gasteiger partial charge in [0.2, 0.25) is 0 Å². The Labute approximate surface area is 112 Å². The van der Waals surface area contributed by atoms with Crippen LogP contribution in [0, 0.1) is 17.6 Å². The molecule has 2 unspecified atom stereocenters. The minimum Gasteiger partial charge on any atom is -0.387 e. The summed E-state index contributed by atoms with van der Waals surface area (Å²) in [4.78, 5) is 0. The fourth-order valence-corrected chi connectivity index (χ4v) is 2.31. The van der Waals surface area contributed by atoms with E-state index in [4.69, 9.17) is 0 Å². The van der Waals surface area contributed by atoms with Crippen LogP contribution in [0.5, 0.6) is 0 Å². The molecule has 1 aromatic carbocycles. The van der Waals surface area contributed by atoms with Crippen molar-refractivity contribution in [3.05, 3.63) is 35.4 Å². The van der Waals surface area contributed by atoms with E-state index in [1.165, 1.54) is 12.8 Å². The van der Waals surface area contributed by atoms with Crippen LogP contribution in [0.3, 0.4) is 0 Å². The number of nitrogens with one attached hydrogen (secondary N) is 1. The first-order chi connectivity index (χ1) is 9.10. The van der Waals surface area contributed by atoms with Crippen molar-refractivity contribution in [2.45, 2.75) is 44.8 Å². The van der Waals surface area contributed by atoms with Crippen molar-refractivity contribution in [1.29, 1.82) is 0 Å². The minimum atomic E-state index is -1.01. The molecule has 0 aliphatic heterocycles. The van der Waals surface area contributed by atoms with Crippen LogP contribution in [0.2, 0.25) is 0 Å². The van der Waals surface area contributed by atoms with E-state index in [0.717, 1.165) is 37.0 Å². The van der Waals surface area contributed by atoms with Crippen molar-refractivity contribution in [3.8, 4) is 0 Å². The van der Waals surface area contributed by atoms with Gasteiger partial charge in [-0.2, -0.15) is 0 Å². The van der Waals surface area contributed by atoms with Gasteiger partial charge in [0.15, 0.2) is 0 Å². The van der Waals surface area contributed by atoms with Crippen molar-refractivity contribution >= 4 is 0 Å². The van der Waals surface area contributed by atoms with Gasteiger partial charge >= 0.3 is 0 Å². The Hall–Kier alpha value is -1.00. The zero-order valence-electron chi connectivity index (χ0n) is 11.2. The summed E-state index contributed by atoms with van der Waals surface area (Å²) in [6.07, 6.45) is 3.66. The lowest BCUT2D eigenvalue weighted by molar-refractivity contribution is 0.163. The molecule has 2 nitrogen and oxygen atoms in total. The second-order valence-corrected chi connectivity index (χ2v) is 5.37. The van der Waals surface area contributed by atoms with E-state index in [-0.39, 0.29) is 12.1 Å². The molecule has 2 N–H and O–H groups in total. The van der Waals surface area contributed by atoms with Crippen LogP contribution >= 0.6 is 0 Å². The average molecular weight is 269 g/mol. The van der Waals surface area contributed by atoms with Crippen molar-refractivity contribution in [2.75, 3.05) is 6.54 Å². The van der Waals surface area contributed by atoms with Gasteiger partial charge in [-0.3, -0.25) is 0 Å². The van der Waals surface area contributed by atoms with Crippen molar-refractivity contribution in [2.24, 2.45) is 5.92 Å². The maximum atomic E-state index is 13.5. The third-order valence-electron chi connectivity index (χ3n) is 3.72. The quantitative estimate of drug-likeness (QED) is 0.797. The standard InChI is InChI=1S/C15H21F2NO/c1-2-12(7-10-3-4-10)18-9-15(19)13-8-11(16)5-6-14(13)17/h5-6,8,10,12,15,18-19H,2-4,7,9H2,1H3.